The van der Waals surface area contributed by atoms with Gasteiger partial charge < -0.3 is 14.0 Å². The number of nitrogens with zero attached hydrogens (tertiary/aromatic N) is 2. The predicted molar refractivity (Wildman–Crippen MR) is 97.3 cm³/mol. The second kappa shape index (κ2) is 9.77. The molecule has 2 amide bonds. The lowest BCUT2D eigenvalue weighted by molar-refractivity contribution is -0.143. The van der Waals surface area contributed by atoms with Crippen LogP contribution in [0.1, 0.15) is 18.9 Å². The van der Waals surface area contributed by atoms with E-state index in [2.05, 4.69) is 10.8 Å². The molecule has 0 saturated heterocycles. The summed E-state index contributed by atoms with van der Waals surface area (Å²) in [7, 11) is 0. The van der Waals surface area contributed by atoms with Gasteiger partial charge in [-0.2, -0.15) is 5.26 Å². The number of para-hydroxylation sites is 1. The second-order valence-corrected chi connectivity index (χ2v) is 5.41. The Labute approximate surface area is 156 Å². The summed E-state index contributed by atoms with van der Waals surface area (Å²) in [5.41, 5.74) is 1.74. The van der Waals surface area contributed by atoms with Gasteiger partial charge in [0.1, 0.15) is 0 Å². The van der Waals surface area contributed by atoms with E-state index in [9.17, 15) is 14.4 Å². The first kappa shape index (κ1) is 19.7. The number of hydrogen-bond acceptors (Lipinski definition) is 6. The van der Waals surface area contributed by atoms with Crippen LogP contribution in [-0.4, -0.2) is 35.8 Å². The number of hydrogen-bond donors (Lipinski definition) is 1. The van der Waals surface area contributed by atoms with Gasteiger partial charge in [-0.15, -0.1) is 0 Å². The largest absolute Gasteiger partial charge is 0.452 e. The molecule has 8 nitrogen and oxygen atoms in total. The van der Waals surface area contributed by atoms with E-state index >= 15 is 0 Å². The summed E-state index contributed by atoms with van der Waals surface area (Å²) in [6.45, 7) is 1.69. The van der Waals surface area contributed by atoms with Crippen LogP contribution in [0.25, 0.3) is 17.0 Å². The summed E-state index contributed by atoms with van der Waals surface area (Å²) in [5, 5.41) is 11.6. The van der Waals surface area contributed by atoms with Gasteiger partial charge in [0.2, 0.25) is 0 Å². The Balaban J connectivity index is 1.99. The van der Waals surface area contributed by atoms with Crippen LogP contribution in [0.15, 0.2) is 36.5 Å². The fourth-order valence-corrected chi connectivity index (χ4v) is 2.42. The van der Waals surface area contributed by atoms with Crippen molar-refractivity contribution in [3.8, 4) is 6.07 Å². The minimum absolute atomic E-state index is 0.129. The summed E-state index contributed by atoms with van der Waals surface area (Å²) < 4.78 is 11.3. The third kappa shape index (κ3) is 5.71. The molecule has 1 aromatic heterocycles. The Morgan fingerprint density at radius 3 is 2.78 bits per heavy atom. The number of ether oxygens (including phenoxy) is 2. The van der Waals surface area contributed by atoms with Crippen LogP contribution in [0.3, 0.4) is 0 Å². The van der Waals surface area contributed by atoms with Crippen LogP contribution in [0, 0.1) is 11.3 Å². The van der Waals surface area contributed by atoms with Crippen LogP contribution >= 0.6 is 0 Å². The number of carbonyl (C=O) groups is 3. The van der Waals surface area contributed by atoms with Gasteiger partial charge in [-0.3, -0.25) is 10.1 Å². The first-order chi connectivity index (χ1) is 13.0. The number of fused-ring (bicyclic) bond motifs is 1. The van der Waals surface area contributed by atoms with E-state index in [0.717, 1.165) is 16.5 Å². The second-order valence-electron chi connectivity index (χ2n) is 5.41. The molecule has 8 heteroatoms. The highest BCUT2D eigenvalue weighted by atomic mass is 16.6. The molecule has 0 aliphatic rings. The maximum Gasteiger partial charge on any atom is 0.413 e. The molecule has 0 aliphatic heterocycles. The van der Waals surface area contributed by atoms with E-state index in [4.69, 9.17) is 10.00 Å². The standard InChI is InChI=1S/C19H19N3O5/c1-2-26-19(25)21-17(23)13-27-18(24)9-8-14-12-22(11-5-10-20)16-7-4-3-6-15(14)16/h3-4,6-9,12H,2,5,11,13H2,1H3,(H,21,23,25)/b9-8+. The quantitative estimate of drug-likeness (QED) is 0.593. The molecule has 0 atom stereocenters. The van der Waals surface area contributed by atoms with E-state index in [-0.39, 0.29) is 6.61 Å². The monoisotopic (exact) mass is 369 g/mol. The number of nitriles is 1. The third-order valence-corrected chi connectivity index (χ3v) is 3.55. The Bertz CT molecular complexity index is 908. The third-order valence-electron chi connectivity index (χ3n) is 3.55. The van der Waals surface area contributed by atoms with Crippen molar-refractivity contribution in [3.05, 3.63) is 42.1 Å². The summed E-state index contributed by atoms with van der Waals surface area (Å²) >= 11 is 0. The minimum atomic E-state index is -0.890. The summed E-state index contributed by atoms with van der Waals surface area (Å²) in [6, 6.07) is 9.73. The predicted octanol–water partition coefficient (Wildman–Crippen LogP) is 2.38. The van der Waals surface area contributed by atoms with Gasteiger partial charge in [-0.05, 0) is 19.1 Å². The Kier molecular flexibility index (Phi) is 7.14. The summed E-state index contributed by atoms with van der Waals surface area (Å²) in [6.07, 6.45) is 4.11. The number of rotatable bonds is 7. The summed E-state index contributed by atoms with van der Waals surface area (Å²) in [4.78, 5) is 34.3. The van der Waals surface area contributed by atoms with Crippen LogP contribution in [-0.2, 0) is 25.6 Å². The molecule has 0 saturated carbocycles. The van der Waals surface area contributed by atoms with Crippen molar-refractivity contribution >= 4 is 34.9 Å². The van der Waals surface area contributed by atoms with E-state index < -0.39 is 24.6 Å². The molecule has 1 heterocycles. The number of alkyl carbamates (subject to hydrolysis) is 1. The molecule has 0 unspecified atom stereocenters. The van der Waals surface area contributed by atoms with Crippen molar-refractivity contribution < 1.29 is 23.9 Å². The lowest BCUT2D eigenvalue weighted by Gasteiger charge is -2.03. The number of imide groups is 1. The van der Waals surface area contributed by atoms with E-state index in [1.165, 1.54) is 6.08 Å². The molecule has 0 bridgehead atoms. The van der Waals surface area contributed by atoms with Gasteiger partial charge in [-0.1, -0.05) is 18.2 Å². The minimum Gasteiger partial charge on any atom is -0.452 e. The molecule has 0 spiro atoms. The van der Waals surface area contributed by atoms with Crippen LogP contribution < -0.4 is 5.32 Å². The van der Waals surface area contributed by atoms with Gasteiger partial charge >= 0.3 is 12.1 Å². The number of esters is 1. The van der Waals surface area contributed by atoms with Gasteiger partial charge in [0.15, 0.2) is 6.61 Å². The highest BCUT2D eigenvalue weighted by Crippen LogP contribution is 2.22. The fourth-order valence-electron chi connectivity index (χ4n) is 2.42. The fraction of sp³-hybridized carbons (Fsp3) is 0.263. The Hall–Kier alpha value is -3.60. The smallest absolute Gasteiger partial charge is 0.413 e. The molecule has 1 N–H and O–H groups in total. The lowest BCUT2D eigenvalue weighted by atomic mass is 10.1. The molecule has 2 rings (SSSR count). The van der Waals surface area contributed by atoms with Crippen LogP contribution in [0.4, 0.5) is 4.79 Å². The number of carbonyl (C=O) groups excluding carboxylic acids is 3. The van der Waals surface area contributed by atoms with Crippen LogP contribution in [0.2, 0.25) is 0 Å². The average molecular weight is 369 g/mol. The van der Waals surface area contributed by atoms with Crippen molar-refractivity contribution in [1.29, 1.82) is 5.26 Å². The topological polar surface area (TPSA) is 110 Å². The van der Waals surface area contributed by atoms with Crippen LogP contribution in [0.5, 0.6) is 0 Å². The van der Waals surface area contributed by atoms with Gasteiger partial charge in [0, 0.05) is 35.3 Å². The maximum absolute atomic E-state index is 11.8. The van der Waals surface area contributed by atoms with Crippen molar-refractivity contribution in [3.63, 3.8) is 0 Å². The number of aromatic nitrogens is 1. The zero-order chi connectivity index (χ0) is 19.6. The Morgan fingerprint density at radius 2 is 2.04 bits per heavy atom. The zero-order valence-corrected chi connectivity index (χ0v) is 14.8. The molecule has 0 radical (unpaired) electrons. The SMILES string of the molecule is CCOC(=O)NC(=O)COC(=O)/C=C/c1cn(CCC#N)c2ccccc12. The molecule has 27 heavy (non-hydrogen) atoms. The number of amides is 2. The molecule has 1 aromatic carbocycles. The van der Waals surface area contributed by atoms with E-state index in [1.54, 1.807) is 13.0 Å². The molecule has 0 fully saturated rings. The number of aryl methyl sites for hydroxylation is 1. The first-order valence-corrected chi connectivity index (χ1v) is 8.31. The van der Waals surface area contributed by atoms with Crippen molar-refractivity contribution in [2.75, 3.05) is 13.2 Å². The molecule has 0 aliphatic carbocycles. The normalized spacial score (nSPS) is 10.5. The molecular formula is C19H19N3O5. The van der Waals surface area contributed by atoms with E-state index in [1.807, 2.05) is 40.3 Å². The average Bonchev–Trinajstić information content (AvgIpc) is 3.01. The molecular weight excluding hydrogens is 350 g/mol. The number of benzene rings is 1. The molecule has 2 aromatic rings. The molecule has 140 valence electrons. The maximum atomic E-state index is 11.8. The summed E-state index contributed by atoms with van der Waals surface area (Å²) in [5.74, 6) is -1.49. The van der Waals surface area contributed by atoms with E-state index in [0.29, 0.717) is 13.0 Å². The zero-order valence-electron chi connectivity index (χ0n) is 14.8. The first-order valence-electron chi connectivity index (χ1n) is 8.31. The van der Waals surface area contributed by atoms with Gasteiger partial charge in [0.25, 0.3) is 5.91 Å². The lowest BCUT2D eigenvalue weighted by Crippen LogP contribution is -2.34. The highest BCUT2D eigenvalue weighted by Gasteiger charge is 2.10. The van der Waals surface area contributed by atoms with Crippen molar-refractivity contribution in [2.24, 2.45) is 0 Å². The van der Waals surface area contributed by atoms with Gasteiger partial charge in [-0.25, -0.2) is 9.59 Å². The van der Waals surface area contributed by atoms with Crippen molar-refractivity contribution in [2.45, 2.75) is 19.9 Å². The number of nitrogens with one attached hydrogen (secondary N) is 1. The highest BCUT2D eigenvalue weighted by molar-refractivity contribution is 5.96. The Morgan fingerprint density at radius 1 is 1.26 bits per heavy atom. The van der Waals surface area contributed by atoms with Gasteiger partial charge in [0.05, 0.1) is 19.1 Å². The van der Waals surface area contributed by atoms with Crippen molar-refractivity contribution in [1.82, 2.24) is 9.88 Å².